The summed E-state index contributed by atoms with van der Waals surface area (Å²) in [6.45, 7) is 4.54. The standard InChI is InChI=1S/C14H23N3O2S/c1-2-11-13(20-17-16-11)12(15)10-3-6-19-14(9-10)4-7-18-8-5-14/h10,12H,2-9,15H2,1H3. The minimum atomic E-state index is 0.00326. The number of nitrogens with two attached hydrogens (primary N) is 1. The molecule has 0 amide bonds. The van der Waals surface area contributed by atoms with Gasteiger partial charge in [-0.25, -0.2) is 0 Å². The van der Waals surface area contributed by atoms with Crippen molar-refractivity contribution in [2.45, 2.75) is 50.7 Å². The predicted octanol–water partition coefficient (Wildman–Crippen LogP) is 2.08. The third-order valence-corrected chi connectivity index (χ3v) is 5.53. The molecule has 1 aromatic heterocycles. The highest BCUT2D eigenvalue weighted by Gasteiger charge is 2.41. The molecule has 2 unspecified atom stereocenters. The van der Waals surface area contributed by atoms with Gasteiger partial charge in [-0.2, -0.15) is 0 Å². The van der Waals surface area contributed by atoms with Gasteiger partial charge in [-0.05, 0) is 49.6 Å². The average molecular weight is 297 g/mol. The molecular weight excluding hydrogens is 274 g/mol. The maximum atomic E-state index is 6.52. The smallest absolute Gasteiger partial charge is 0.0801 e. The largest absolute Gasteiger partial charge is 0.381 e. The Morgan fingerprint density at radius 3 is 2.95 bits per heavy atom. The summed E-state index contributed by atoms with van der Waals surface area (Å²) in [6, 6.07) is 0.0496. The van der Waals surface area contributed by atoms with Crippen LogP contribution in [0.4, 0.5) is 0 Å². The van der Waals surface area contributed by atoms with Crippen LogP contribution in [0.5, 0.6) is 0 Å². The minimum Gasteiger partial charge on any atom is -0.381 e. The molecule has 0 bridgehead atoms. The van der Waals surface area contributed by atoms with E-state index in [2.05, 4.69) is 16.5 Å². The van der Waals surface area contributed by atoms with E-state index in [4.69, 9.17) is 15.2 Å². The van der Waals surface area contributed by atoms with E-state index in [1.165, 1.54) is 16.4 Å². The lowest BCUT2D eigenvalue weighted by atomic mass is 9.77. The summed E-state index contributed by atoms with van der Waals surface area (Å²) in [6.07, 6.45) is 4.97. The van der Waals surface area contributed by atoms with Gasteiger partial charge in [0.05, 0.1) is 16.2 Å². The Bertz CT molecular complexity index is 440. The first kappa shape index (κ1) is 14.4. The van der Waals surface area contributed by atoms with E-state index < -0.39 is 0 Å². The van der Waals surface area contributed by atoms with Gasteiger partial charge in [0.15, 0.2) is 0 Å². The van der Waals surface area contributed by atoms with Gasteiger partial charge in [0.25, 0.3) is 0 Å². The molecule has 1 aromatic rings. The number of ether oxygens (including phenoxy) is 2. The average Bonchev–Trinajstić information content (AvgIpc) is 2.96. The number of aromatic nitrogens is 2. The molecule has 112 valence electrons. The lowest BCUT2D eigenvalue weighted by Gasteiger charge is -2.44. The molecule has 3 heterocycles. The van der Waals surface area contributed by atoms with Crippen molar-refractivity contribution in [3.05, 3.63) is 10.6 Å². The molecule has 2 aliphatic heterocycles. The molecule has 0 aliphatic carbocycles. The van der Waals surface area contributed by atoms with Crippen molar-refractivity contribution in [3.8, 4) is 0 Å². The minimum absolute atomic E-state index is 0.00326. The van der Waals surface area contributed by atoms with Crippen molar-refractivity contribution >= 4 is 11.5 Å². The number of hydrogen-bond donors (Lipinski definition) is 1. The molecule has 0 saturated carbocycles. The van der Waals surface area contributed by atoms with Gasteiger partial charge in [-0.1, -0.05) is 11.4 Å². The monoisotopic (exact) mass is 297 g/mol. The van der Waals surface area contributed by atoms with Gasteiger partial charge in [-0.3, -0.25) is 0 Å². The Morgan fingerprint density at radius 2 is 2.20 bits per heavy atom. The molecule has 3 rings (SSSR count). The maximum absolute atomic E-state index is 6.52. The molecule has 2 N–H and O–H groups in total. The molecule has 2 fully saturated rings. The fourth-order valence-corrected chi connectivity index (χ4v) is 4.22. The molecule has 0 radical (unpaired) electrons. The zero-order valence-corrected chi connectivity index (χ0v) is 12.8. The molecule has 6 heteroatoms. The van der Waals surface area contributed by atoms with Crippen LogP contribution >= 0.6 is 11.5 Å². The normalized spacial score (nSPS) is 27.6. The van der Waals surface area contributed by atoms with Crippen molar-refractivity contribution in [3.63, 3.8) is 0 Å². The summed E-state index contributed by atoms with van der Waals surface area (Å²) in [5, 5.41) is 4.19. The highest BCUT2D eigenvalue weighted by atomic mass is 32.1. The molecule has 20 heavy (non-hydrogen) atoms. The van der Waals surface area contributed by atoms with E-state index in [9.17, 15) is 0 Å². The van der Waals surface area contributed by atoms with Crippen LogP contribution in [0.1, 0.15) is 49.2 Å². The van der Waals surface area contributed by atoms with E-state index in [0.717, 1.165) is 57.6 Å². The van der Waals surface area contributed by atoms with E-state index in [0.29, 0.717) is 5.92 Å². The molecular formula is C14H23N3O2S. The quantitative estimate of drug-likeness (QED) is 0.925. The molecule has 2 aliphatic rings. The number of aryl methyl sites for hydroxylation is 1. The van der Waals surface area contributed by atoms with Crippen molar-refractivity contribution in [1.82, 2.24) is 9.59 Å². The Labute approximate surface area is 124 Å². The van der Waals surface area contributed by atoms with E-state index in [1.807, 2.05) is 0 Å². The Hall–Kier alpha value is -0.560. The summed E-state index contributed by atoms with van der Waals surface area (Å²) in [5.41, 5.74) is 7.59. The first-order valence-corrected chi connectivity index (χ1v) is 8.30. The zero-order valence-electron chi connectivity index (χ0n) is 12.0. The third kappa shape index (κ3) is 2.74. The first-order chi connectivity index (χ1) is 9.74. The predicted molar refractivity (Wildman–Crippen MR) is 77.7 cm³/mol. The highest BCUT2D eigenvalue weighted by Crippen LogP contribution is 2.41. The van der Waals surface area contributed by atoms with Crippen LogP contribution in [-0.2, 0) is 15.9 Å². The zero-order chi connectivity index (χ0) is 14.0. The fraction of sp³-hybridized carbons (Fsp3) is 0.857. The van der Waals surface area contributed by atoms with Gasteiger partial charge in [0, 0.05) is 25.9 Å². The van der Waals surface area contributed by atoms with E-state index >= 15 is 0 Å². The highest BCUT2D eigenvalue weighted by molar-refractivity contribution is 7.05. The molecule has 2 saturated heterocycles. The van der Waals surface area contributed by atoms with Crippen LogP contribution in [0, 0.1) is 5.92 Å². The molecule has 2 atom stereocenters. The summed E-state index contributed by atoms with van der Waals surface area (Å²) in [7, 11) is 0. The Kier molecular flexibility index (Phi) is 4.35. The van der Waals surface area contributed by atoms with Gasteiger partial charge in [0.1, 0.15) is 0 Å². The number of nitrogens with zero attached hydrogens (tertiary/aromatic N) is 2. The maximum Gasteiger partial charge on any atom is 0.0801 e. The van der Waals surface area contributed by atoms with Crippen LogP contribution in [-0.4, -0.2) is 35.0 Å². The number of hydrogen-bond acceptors (Lipinski definition) is 6. The molecule has 0 aromatic carbocycles. The SMILES string of the molecule is CCc1nnsc1C(N)C1CCOC2(CCOCC2)C1. The third-order valence-electron chi connectivity index (χ3n) is 4.67. The van der Waals surface area contributed by atoms with Gasteiger partial charge in [0.2, 0.25) is 0 Å². The Balaban J connectivity index is 1.73. The van der Waals surface area contributed by atoms with Crippen molar-refractivity contribution in [2.75, 3.05) is 19.8 Å². The summed E-state index contributed by atoms with van der Waals surface area (Å²) in [5.74, 6) is 0.467. The van der Waals surface area contributed by atoms with Crippen LogP contribution in [0.2, 0.25) is 0 Å². The van der Waals surface area contributed by atoms with E-state index in [1.54, 1.807) is 0 Å². The lowest BCUT2D eigenvalue weighted by molar-refractivity contribution is -0.149. The fourth-order valence-electron chi connectivity index (χ4n) is 3.39. The van der Waals surface area contributed by atoms with Gasteiger partial charge >= 0.3 is 0 Å². The molecule has 1 spiro atoms. The summed E-state index contributed by atoms with van der Waals surface area (Å²) >= 11 is 1.46. The van der Waals surface area contributed by atoms with Crippen molar-refractivity contribution in [1.29, 1.82) is 0 Å². The van der Waals surface area contributed by atoms with Crippen LogP contribution in [0.15, 0.2) is 0 Å². The Morgan fingerprint density at radius 1 is 1.40 bits per heavy atom. The van der Waals surface area contributed by atoms with Crippen molar-refractivity contribution in [2.24, 2.45) is 11.7 Å². The van der Waals surface area contributed by atoms with Crippen LogP contribution in [0.3, 0.4) is 0 Å². The second-order valence-electron chi connectivity index (χ2n) is 5.86. The van der Waals surface area contributed by atoms with Gasteiger partial charge in [-0.15, -0.1) is 5.10 Å². The van der Waals surface area contributed by atoms with Crippen LogP contribution in [0.25, 0.3) is 0 Å². The first-order valence-electron chi connectivity index (χ1n) is 7.52. The second kappa shape index (κ2) is 6.05. The van der Waals surface area contributed by atoms with Crippen LogP contribution < -0.4 is 5.73 Å². The van der Waals surface area contributed by atoms with Crippen molar-refractivity contribution < 1.29 is 9.47 Å². The van der Waals surface area contributed by atoms with E-state index in [-0.39, 0.29) is 11.6 Å². The second-order valence-corrected chi connectivity index (χ2v) is 6.65. The topological polar surface area (TPSA) is 70.3 Å². The molecule has 5 nitrogen and oxygen atoms in total. The lowest BCUT2D eigenvalue weighted by Crippen LogP contribution is -2.46. The van der Waals surface area contributed by atoms with Gasteiger partial charge < -0.3 is 15.2 Å². The number of rotatable bonds is 3. The summed E-state index contributed by atoms with van der Waals surface area (Å²) < 4.78 is 15.6. The summed E-state index contributed by atoms with van der Waals surface area (Å²) in [4.78, 5) is 1.17.